The van der Waals surface area contributed by atoms with Gasteiger partial charge in [0.05, 0.1) is 0 Å². The van der Waals surface area contributed by atoms with Crippen molar-refractivity contribution in [2.45, 2.75) is 20.8 Å². The Bertz CT molecular complexity index is 320. The van der Waals surface area contributed by atoms with Crippen molar-refractivity contribution < 1.29 is 0 Å². The van der Waals surface area contributed by atoms with Gasteiger partial charge in [-0.3, -0.25) is 0 Å². The molecule has 1 heteroatoms. The number of likely N-dealkylation sites (N-methyl/N-ethyl adjacent to an activating group) is 1. The molecule has 1 nitrogen and oxygen atoms in total. The highest BCUT2D eigenvalue weighted by molar-refractivity contribution is 5.54. The van der Waals surface area contributed by atoms with Gasteiger partial charge in [-0.1, -0.05) is 55.3 Å². The summed E-state index contributed by atoms with van der Waals surface area (Å²) in [5.41, 5.74) is 4.05. The van der Waals surface area contributed by atoms with Crippen molar-refractivity contribution in [1.29, 1.82) is 0 Å². The molecule has 0 unspecified atom stereocenters. The van der Waals surface area contributed by atoms with Gasteiger partial charge in [-0.15, -0.1) is 0 Å². The molecule has 0 radical (unpaired) electrons. The van der Waals surface area contributed by atoms with Crippen molar-refractivity contribution in [2.24, 2.45) is 5.92 Å². The normalized spacial score (nSPS) is 12.2. The van der Waals surface area contributed by atoms with E-state index in [0.717, 1.165) is 6.54 Å². The molecular weight excluding hydrogens is 182 g/mol. The highest BCUT2D eigenvalue weighted by Crippen LogP contribution is 2.14. The SMILES string of the molecule is CNCC(=Cc1ccc(C)cc1)C(C)C. The van der Waals surface area contributed by atoms with Gasteiger partial charge >= 0.3 is 0 Å². The maximum Gasteiger partial charge on any atom is 0.0167 e. The zero-order valence-electron chi connectivity index (χ0n) is 10.2. The zero-order chi connectivity index (χ0) is 11.3. The summed E-state index contributed by atoms with van der Waals surface area (Å²) >= 11 is 0. The van der Waals surface area contributed by atoms with Crippen LogP contribution in [0.3, 0.4) is 0 Å². The molecule has 0 aliphatic carbocycles. The summed E-state index contributed by atoms with van der Waals surface area (Å²) in [6, 6.07) is 8.66. The summed E-state index contributed by atoms with van der Waals surface area (Å²) in [5, 5.41) is 3.21. The van der Waals surface area contributed by atoms with Gasteiger partial charge in [0.15, 0.2) is 0 Å². The molecule has 82 valence electrons. The third kappa shape index (κ3) is 3.88. The Kier molecular flexibility index (Phi) is 4.57. The first-order valence-corrected chi connectivity index (χ1v) is 5.55. The summed E-state index contributed by atoms with van der Waals surface area (Å²) in [4.78, 5) is 0. The van der Waals surface area contributed by atoms with Gasteiger partial charge < -0.3 is 5.32 Å². The molecule has 0 aliphatic rings. The van der Waals surface area contributed by atoms with E-state index in [1.165, 1.54) is 16.7 Å². The predicted octanol–water partition coefficient (Wildman–Crippen LogP) is 3.25. The number of nitrogens with one attached hydrogen (secondary N) is 1. The Morgan fingerprint density at radius 2 is 1.87 bits per heavy atom. The Hall–Kier alpha value is -1.08. The average Bonchev–Trinajstić information content (AvgIpc) is 2.20. The molecule has 1 N–H and O–H groups in total. The van der Waals surface area contributed by atoms with Gasteiger partial charge in [-0.2, -0.15) is 0 Å². The van der Waals surface area contributed by atoms with E-state index in [9.17, 15) is 0 Å². The third-order valence-electron chi connectivity index (χ3n) is 2.55. The number of hydrogen-bond acceptors (Lipinski definition) is 1. The molecule has 1 aromatic carbocycles. The Labute approximate surface area is 93.2 Å². The van der Waals surface area contributed by atoms with Gasteiger partial charge in [0.1, 0.15) is 0 Å². The minimum atomic E-state index is 0.596. The van der Waals surface area contributed by atoms with Crippen LogP contribution in [0.1, 0.15) is 25.0 Å². The second kappa shape index (κ2) is 5.72. The molecule has 0 amide bonds. The van der Waals surface area contributed by atoms with Gasteiger partial charge in [0.2, 0.25) is 0 Å². The van der Waals surface area contributed by atoms with Crippen LogP contribution in [0.5, 0.6) is 0 Å². The average molecular weight is 203 g/mol. The molecule has 0 heterocycles. The molecular formula is C14H21N. The first-order chi connectivity index (χ1) is 7.13. The van der Waals surface area contributed by atoms with E-state index in [2.05, 4.69) is 56.4 Å². The van der Waals surface area contributed by atoms with Crippen molar-refractivity contribution in [3.05, 3.63) is 41.0 Å². The third-order valence-corrected chi connectivity index (χ3v) is 2.55. The summed E-state index contributed by atoms with van der Waals surface area (Å²) in [5.74, 6) is 0.596. The second-order valence-corrected chi connectivity index (χ2v) is 4.31. The molecule has 0 fully saturated rings. The van der Waals surface area contributed by atoms with E-state index in [0.29, 0.717) is 5.92 Å². The van der Waals surface area contributed by atoms with Crippen LogP contribution in [0.25, 0.3) is 6.08 Å². The van der Waals surface area contributed by atoms with E-state index in [-0.39, 0.29) is 0 Å². The molecule has 0 atom stereocenters. The molecule has 0 saturated carbocycles. The lowest BCUT2D eigenvalue weighted by molar-refractivity contribution is 0.713. The molecule has 0 bridgehead atoms. The molecule has 0 aliphatic heterocycles. The summed E-state index contributed by atoms with van der Waals surface area (Å²) in [7, 11) is 1.99. The van der Waals surface area contributed by atoms with Crippen LogP contribution in [0.15, 0.2) is 29.8 Å². The van der Waals surface area contributed by atoms with E-state index >= 15 is 0 Å². The fraction of sp³-hybridized carbons (Fsp3) is 0.429. The minimum absolute atomic E-state index is 0.596. The summed E-state index contributed by atoms with van der Waals surface area (Å²) in [6.07, 6.45) is 2.28. The van der Waals surface area contributed by atoms with E-state index < -0.39 is 0 Å². The Morgan fingerprint density at radius 3 is 2.33 bits per heavy atom. The first kappa shape index (κ1) is 12.0. The Morgan fingerprint density at radius 1 is 1.27 bits per heavy atom. The number of rotatable bonds is 4. The lowest BCUT2D eigenvalue weighted by atomic mass is 10.00. The van der Waals surface area contributed by atoms with Crippen LogP contribution in [-0.2, 0) is 0 Å². The zero-order valence-corrected chi connectivity index (χ0v) is 10.2. The van der Waals surface area contributed by atoms with Crippen molar-refractivity contribution in [1.82, 2.24) is 5.32 Å². The van der Waals surface area contributed by atoms with E-state index in [1.807, 2.05) is 7.05 Å². The summed E-state index contributed by atoms with van der Waals surface area (Å²) in [6.45, 7) is 7.55. The Balaban J connectivity index is 2.86. The van der Waals surface area contributed by atoms with Crippen molar-refractivity contribution in [3.63, 3.8) is 0 Å². The maximum absolute atomic E-state index is 3.21. The highest BCUT2D eigenvalue weighted by Gasteiger charge is 2.01. The van der Waals surface area contributed by atoms with Crippen LogP contribution in [0, 0.1) is 12.8 Å². The van der Waals surface area contributed by atoms with Crippen LogP contribution >= 0.6 is 0 Å². The monoisotopic (exact) mass is 203 g/mol. The fourth-order valence-electron chi connectivity index (χ4n) is 1.50. The largest absolute Gasteiger partial charge is 0.316 e. The minimum Gasteiger partial charge on any atom is -0.316 e. The van der Waals surface area contributed by atoms with E-state index in [1.54, 1.807) is 0 Å². The lowest BCUT2D eigenvalue weighted by Gasteiger charge is -2.11. The summed E-state index contributed by atoms with van der Waals surface area (Å²) < 4.78 is 0. The number of benzene rings is 1. The topological polar surface area (TPSA) is 12.0 Å². The lowest BCUT2D eigenvalue weighted by Crippen LogP contribution is -2.13. The molecule has 1 aromatic rings. The smallest absolute Gasteiger partial charge is 0.0167 e. The van der Waals surface area contributed by atoms with Crippen molar-refractivity contribution >= 4 is 6.08 Å². The maximum atomic E-state index is 3.21. The first-order valence-electron chi connectivity index (χ1n) is 5.55. The van der Waals surface area contributed by atoms with Crippen LogP contribution < -0.4 is 5.32 Å². The fourth-order valence-corrected chi connectivity index (χ4v) is 1.50. The predicted molar refractivity (Wildman–Crippen MR) is 67.9 cm³/mol. The standard InChI is InChI=1S/C14H21N/c1-11(2)14(10-15-4)9-13-7-5-12(3)6-8-13/h5-9,11,15H,10H2,1-4H3. The van der Waals surface area contributed by atoms with Gasteiger partial charge in [0.25, 0.3) is 0 Å². The number of hydrogen-bond donors (Lipinski definition) is 1. The van der Waals surface area contributed by atoms with Gasteiger partial charge in [0, 0.05) is 6.54 Å². The van der Waals surface area contributed by atoms with Crippen molar-refractivity contribution in [2.75, 3.05) is 13.6 Å². The molecule has 1 rings (SSSR count). The highest BCUT2D eigenvalue weighted by atomic mass is 14.8. The second-order valence-electron chi connectivity index (χ2n) is 4.31. The molecule has 0 saturated heterocycles. The molecule has 0 spiro atoms. The van der Waals surface area contributed by atoms with Crippen LogP contribution in [0.2, 0.25) is 0 Å². The van der Waals surface area contributed by atoms with E-state index in [4.69, 9.17) is 0 Å². The quantitative estimate of drug-likeness (QED) is 0.792. The van der Waals surface area contributed by atoms with Gasteiger partial charge in [-0.05, 0) is 25.5 Å². The van der Waals surface area contributed by atoms with Crippen LogP contribution in [-0.4, -0.2) is 13.6 Å². The van der Waals surface area contributed by atoms with Gasteiger partial charge in [-0.25, -0.2) is 0 Å². The molecule has 15 heavy (non-hydrogen) atoms. The van der Waals surface area contributed by atoms with Crippen molar-refractivity contribution in [3.8, 4) is 0 Å². The van der Waals surface area contributed by atoms with Crippen LogP contribution in [0.4, 0.5) is 0 Å². The number of aryl methyl sites for hydroxylation is 1. The molecule has 0 aromatic heterocycles.